The minimum atomic E-state index is -0.299. The van der Waals surface area contributed by atoms with Crippen LogP contribution in [0.5, 0.6) is 0 Å². The molecule has 48 valence electrons. The van der Waals surface area contributed by atoms with Crippen LogP contribution in [-0.2, 0) is 9.59 Å². The van der Waals surface area contributed by atoms with Crippen LogP contribution in [-0.4, -0.2) is 25.1 Å². The summed E-state index contributed by atoms with van der Waals surface area (Å²) in [6.07, 6.45) is 3.39. The Hall–Kier alpha value is -1.06. The minimum Gasteiger partial charge on any atom is -0.336 e. The average Bonchev–Trinajstić information content (AvgIpc) is 1.87. The molecule has 0 aromatic heterocycles. The zero-order valence-electron chi connectivity index (χ0n) is 5.50. The predicted molar refractivity (Wildman–Crippen MR) is 36.3 cm³/mol. The molecule has 0 N–H and O–H groups in total. The Bertz CT molecular complexity index is 144. The first-order chi connectivity index (χ1) is 4.22. The van der Waals surface area contributed by atoms with Gasteiger partial charge in [-0.2, -0.15) is 0 Å². The molecule has 2 amide bonds. The van der Waals surface area contributed by atoms with Gasteiger partial charge in [-0.05, 0) is 13.0 Å². The Morgan fingerprint density at radius 3 is 2.56 bits per heavy atom. The minimum absolute atomic E-state index is 0.299. The van der Waals surface area contributed by atoms with Crippen LogP contribution < -0.4 is 0 Å². The van der Waals surface area contributed by atoms with E-state index in [0.717, 1.165) is 4.81 Å². The topological polar surface area (TPSA) is 37.4 Å². The predicted octanol–water partition coefficient (Wildman–Crippen LogP) is -0.904. The molecule has 3 nitrogen and oxygen atoms in total. The summed E-state index contributed by atoms with van der Waals surface area (Å²) in [6.45, 7) is 1.72. The van der Waals surface area contributed by atoms with Crippen LogP contribution in [0.2, 0.25) is 0 Å². The van der Waals surface area contributed by atoms with Crippen molar-refractivity contribution in [2.24, 2.45) is 0 Å². The molecule has 0 bridgehead atoms. The molecule has 0 aliphatic heterocycles. The third-order valence-corrected chi connectivity index (χ3v) is 0.815. The number of carbonyl (C=O) groups excluding carboxylic acids is 2. The molecule has 0 aromatic rings. The van der Waals surface area contributed by atoms with Crippen molar-refractivity contribution in [3.8, 4) is 0 Å². The number of nitrogens with zero attached hydrogens (tertiary/aromatic N) is 1. The highest BCUT2D eigenvalue weighted by Crippen LogP contribution is 1.79. The molecule has 0 atom stereocenters. The van der Waals surface area contributed by atoms with E-state index in [4.69, 9.17) is 0 Å². The molecule has 0 spiro atoms. The normalized spacial score (nSPS) is 9.44. The van der Waals surface area contributed by atoms with Gasteiger partial charge in [-0.1, -0.05) is 6.08 Å². The lowest BCUT2D eigenvalue weighted by Crippen LogP contribution is -2.24. The lowest BCUT2D eigenvalue weighted by atomic mass is 10.3. The zero-order valence-corrected chi connectivity index (χ0v) is 5.50. The first kappa shape index (κ1) is 7.94. The van der Waals surface area contributed by atoms with E-state index in [1.807, 2.05) is 0 Å². The Morgan fingerprint density at radius 1 is 1.67 bits per heavy atom. The highest BCUT2D eigenvalue weighted by atomic mass is 16.2. The maximum Gasteiger partial charge on any atom is 0.239 e. The van der Waals surface area contributed by atoms with Gasteiger partial charge in [0.05, 0.1) is 0 Å². The van der Waals surface area contributed by atoms with Crippen LogP contribution in [0.1, 0.15) is 6.92 Å². The maximum absolute atomic E-state index is 10.6. The van der Waals surface area contributed by atoms with Crippen LogP contribution >= 0.6 is 0 Å². The summed E-state index contributed by atoms with van der Waals surface area (Å²) < 4.78 is 0. The summed E-state index contributed by atoms with van der Waals surface area (Å²) in [5, 5.41) is 0. The van der Waals surface area contributed by atoms with Crippen molar-refractivity contribution < 1.29 is 9.59 Å². The van der Waals surface area contributed by atoms with Crippen LogP contribution in [0, 0.1) is 0 Å². The van der Waals surface area contributed by atoms with Gasteiger partial charge in [0.1, 0.15) is 0 Å². The Labute approximate surface area is 54.8 Å². The fourth-order valence-electron chi connectivity index (χ4n) is 0.312. The molecule has 0 saturated heterocycles. The maximum atomic E-state index is 10.6. The molecule has 0 aromatic carbocycles. The molecule has 0 aliphatic carbocycles. The lowest BCUT2D eigenvalue weighted by molar-refractivity contribution is -0.128. The number of allylic oxidation sites excluding steroid dienone is 1. The van der Waals surface area contributed by atoms with E-state index in [-0.39, 0.29) is 5.91 Å². The standard InChI is InChI=1S/C5H8BNO2/c1-2-3-5(9)7(6)4-8/h2-4H,6H2,1H3/b3-2-. The van der Waals surface area contributed by atoms with Gasteiger partial charge in [0, 0.05) is 0 Å². The van der Waals surface area contributed by atoms with E-state index in [1.165, 1.54) is 14.1 Å². The Kier molecular flexibility index (Phi) is 3.43. The fraction of sp³-hybridized carbons (Fsp3) is 0.200. The molecule has 0 saturated carbocycles. The van der Waals surface area contributed by atoms with E-state index in [1.54, 1.807) is 13.0 Å². The monoisotopic (exact) mass is 125 g/mol. The van der Waals surface area contributed by atoms with Gasteiger partial charge >= 0.3 is 0 Å². The van der Waals surface area contributed by atoms with Crippen molar-refractivity contribution >= 4 is 20.3 Å². The van der Waals surface area contributed by atoms with Gasteiger partial charge in [0.25, 0.3) is 0 Å². The van der Waals surface area contributed by atoms with Crippen LogP contribution in [0.4, 0.5) is 0 Å². The molecular weight excluding hydrogens is 117 g/mol. The van der Waals surface area contributed by atoms with Crippen molar-refractivity contribution in [2.45, 2.75) is 6.92 Å². The summed E-state index contributed by atoms with van der Waals surface area (Å²) in [6, 6.07) is 0. The van der Waals surface area contributed by atoms with Crippen LogP contribution in [0.3, 0.4) is 0 Å². The number of hydrogen-bond acceptors (Lipinski definition) is 2. The second kappa shape index (κ2) is 3.89. The third kappa shape index (κ3) is 2.69. The third-order valence-electron chi connectivity index (χ3n) is 0.815. The van der Waals surface area contributed by atoms with Crippen LogP contribution in [0.25, 0.3) is 0 Å². The molecule has 0 rings (SSSR count). The van der Waals surface area contributed by atoms with Gasteiger partial charge in [0.2, 0.25) is 20.3 Å². The number of amides is 2. The van der Waals surface area contributed by atoms with Gasteiger partial charge in [-0.15, -0.1) is 0 Å². The van der Waals surface area contributed by atoms with Crippen LogP contribution in [0.15, 0.2) is 12.2 Å². The summed E-state index contributed by atoms with van der Waals surface area (Å²) >= 11 is 0. The highest BCUT2D eigenvalue weighted by Gasteiger charge is 1.98. The summed E-state index contributed by atoms with van der Waals surface area (Å²) in [7, 11) is 1.41. The summed E-state index contributed by atoms with van der Waals surface area (Å²) in [5.74, 6) is -0.299. The fourth-order valence-corrected chi connectivity index (χ4v) is 0.312. The van der Waals surface area contributed by atoms with Crippen molar-refractivity contribution in [3.05, 3.63) is 12.2 Å². The number of hydrogen-bond donors (Lipinski definition) is 0. The van der Waals surface area contributed by atoms with Crippen molar-refractivity contribution in [1.82, 2.24) is 4.81 Å². The molecule has 0 unspecified atom stereocenters. The van der Waals surface area contributed by atoms with Gasteiger partial charge in [-0.3, -0.25) is 9.59 Å². The number of carbonyl (C=O) groups is 2. The second-order valence-electron chi connectivity index (χ2n) is 1.55. The first-order valence-corrected chi connectivity index (χ1v) is 2.57. The van der Waals surface area contributed by atoms with Gasteiger partial charge < -0.3 is 4.81 Å². The molecule has 4 heteroatoms. The first-order valence-electron chi connectivity index (χ1n) is 2.57. The second-order valence-corrected chi connectivity index (χ2v) is 1.55. The lowest BCUT2D eigenvalue weighted by Gasteiger charge is -2.02. The largest absolute Gasteiger partial charge is 0.336 e. The molecule has 0 heterocycles. The van der Waals surface area contributed by atoms with Crippen molar-refractivity contribution in [1.29, 1.82) is 0 Å². The van der Waals surface area contributed by atoms with E-state index in [2.05, 4.69) is 0 Å². The average molecular weight is 125 g/mol. The molecule has 9 heavy (non-hydrogen) atoms. The summed E-state index contributed by atoms with van der Waals surface area (Å²) in [4.78, 5) is 21.4. The smallest absolute Gasteiger partial charge is 0.239 e. The number of imide groups is 1. The number of rotatable bonds is 2. The van der Waals surface area contributed by atoms with Crippen molar-refractivity contribution in [3.63, 3.8) is 0 Å². The summed E-state index contributed by atoms with van der Waals surface area (Å²) in [5.41, 5.74) is 0. The van der Waals surface area contributed by atoms with Crippen molar-refractivity contribution in [2.75, 3.05) is 0 Å². The Balaban J connectivity index is 3.87. The zero-order chi connectivity index (χ0) is 7.28. The molecule has 0 fully saturated rings. The van der Waals surface area contributed by atoms with Gasteiger partial charge in [-0.25, -0.2) is 0 Å². The van der Waals surface area contributed by atoms with Gasteiger partial charge in [0.15, 0.2) is 0 Å². The van der Waals surface area contributed by atoms with E-state index in [0.29, 0.717) is 6.41 Å². The van der Waals surface area contributed by atoms with E-state index in [9.17, 15) is 9.59 Å². The molecule has 0 radical (unpaired) electrons. The molecule has 0 aliphatic rings. The van der Waals surface area contributed by atoms with E-state index >= 15 is 0 Å². The highest BCUT2D eigenvalue weighted by molar-refractivity contribution is 6.22. The Morgan fingerprint density at radius 2 is 2.22 bits per heavy atom. The SMILES string of the molecule is BN(C=O)C(=O)/C=C\C. The van der Waals surface area contributed by atoms with E-state index < -0.39 is 0 Å². The molecular formula is C5H8BNO2. The quantitative estimate of drug-likeness (QED) is 0.272.